The zero-order valence-corrected chi connectivity index (χ0v) is 13.6. The Labute approximate surface area is 127 Å². The lowest BCUT2D eigenvalue weighted by atomic mass is 9.83. The normalized spacial score (nSPS) is 24.7. The molecule has 0 spiro atoms. The van der Waals surface area contributed by atoms with Gasteiger partial charge in [-0.15, -0.1) is 0 Å². The summed E-state index contributed by atoms with van der Waals surface area (Å²) < 4.78 is 23.7. The van der Waals surface area contributed by atoms with Gasteiger partial charge in [0.1, 0.15) is 15.7 Å². The lowest BCUT2D eigenvalue weighted by molar-refractivity contribution is 0.265. The van der Waals surface area contributed by atoms with Gasteiger partial charge in [-0.25, -0.2) is 18.4 Å². The Bertz CT molecular complexity index is 533. The van der Waals surface area contributed by atoms with Gasteiger partial charge in [0.05, 0.1) is 11.3 Å². The predicted octanol–water partition coefficient (Wildman–Crippen LogP) is 2.12. The third kappa shape index (κ3) is 4.48. The maximum absolute atomic E-state index is 11.9. The molecule has 2 rings (SSSR count). The summed E-state index contributed by atoms with van der Waals surface area (Å²) in [5.41, 5.74) is 0. The van der Waals surface area contributed by atoms with Crippen molar-refractivity contribution in [3.63, 3.8) is 0 Å². The van der Waals surface area contributed by atoms with Gasteiger partial charge in [0.15, 0.2) is 0 Å². The maximum Gasteiger partial charge on any atom is 0.150 e. The zero-order chi connectivity index (χ0) is 15.3. The number of hydrogen-bond acceptors (Lipinski definition) is 5. The number of rotatable bonds is 6. The predicted molar refractivity (Wildman–Crippen MR) is 83.7 cm³/mol. The number of nitrogens with zero attached hydrogens (tertiary/aromatic N) is 2. The topological polar surface area (TPSA) is 72.0 Å². The van der Waals surface area contributed by atoms with Crippen molar-refractivity contribution >= 4 is 9.84 Å². The third-order valence-electron chi connectivity index (χ3n) is 4.22. The van der Waals surface area contributed by atoms with Crippen LogP contribution in [-0.4, -0.2) is 36.4 Å². The van der Waals surface area contributed by atoms with E-state index < -0.39 is 9.84 Å². The SMILES string of the molecule is CCCNC(c1ncccn1)C1CCCC(S(C)(=O)=O)C1. The molecule has 1 heterocycles. The summed E-state index contributed by atoms with van der Waals surface area (Å²) in [4.78, 5) is 8.74. The van der Waals surface area contributed by atoms with Crippen LogP contribution >= 0.6 is 0 Å². The average Bonchev–Trinajstić information content (AvgIpc) is 2.48. The monoisotopic (exact) mass is 311 g/mol. The molecule has 1 aliphatic rings. The first kappa shape index (κ1) is 16.4. The van der Waals surface area contributed by atoms with Crippen LogP contribution in [0.3, 0.4) is 0 Å². The third-order valence-corrected chi connectivity index (χ3v) is 5.86. The van der Waals surface area contributed by atoms with Gasteiger partial charge < -0.3 is 5.32 Å². The molecule has 118 valence electrons. The van der Waals surface area contributed by atoms with Crippen molar-refractivity contribution < 1.29 is 8.42 Å². The van der Waals surface area contributed by atoms with E-state index in [-0.39, 0.29) is 17.2 Å². The van der Waals surface area contributed by atoms with E-state index in [1.165, 1.54) is 6.26 Å². The van der Waals surface area contributed by atoms with Crippen LogP contribution in [0.5, 0.6) is 0 Å². The van der Waals surface area contributed by atoms with Crippen molar-refractivity contribution in [2.75, 3.05) is 12.8 Å². The number of hydrogen-bond donors (Lipinski definition) is 1. The summed E-state index contributed by atoms with van der Waals surface area (Å²) >= 11 is 0. The van der Waals surface area contributed by atoms with E-state index in [2.05, 4.69) is 22.2 Å². The summed E-state index contributed by atoms with van der Waals surface area (Å²) in [7, 11) is -2.96. The summed E-state index contributed by atoms with van der Waals surface area (Å²) in [6, 6.07) is 1.86. The fourth-order valence-corrected chi connectivity index (χ4v) is 4.30. The first-order chi connectivity index (χ1) is 10.0. The number of nitrogens with one attached hydrogen (secondary N) is 1. The minimum atomic E-state index is -2.96. The van der Waals surface area contributed by atoms with E-state index in [9.17, 15) is 8.42 Å². The minimum Gasteiger partial charge on any atom is -0.307 e. The van der Waals surface area contributed by atoms with E-state index >= 15 is 0 Å². The Kier molecular flexibility index (Phi) is 5.70. The molecule has 1 aromatic heterocycles. The molecule has 1 fully saturated rings. The lowest BCUT2D eigenvalue weighted by Crippen LogP contribution is -2.36. The van der Waals surface area contributed by atoms with E-state index in [0.29, 0.717) is 6.42 Å². The molecule has 5 nitrogen and oxygen atoms in total. The molecule has 21 heavy (non-hydrogen) atoms. The lowest BCUT2D eigenvalue weighted by Gasteiger charge is -2.33. The Balaban J connectivity index is 2.16. The van der Waals surface area contributed by atoms with Crippen LogP contribution < -0.4 is 5.32 Å². The number of aromatic nitrogens is 2. The highest BCUT2D eigenvalue weighted by Crippen LogP contribution is 2.35. The molecule has 0 bridgehead atoms. The van der Waals surface area contributed by atoms with Gasteiger partial charge in [-0.2, -0.15) is 0 Å². The summed E-state index contributed by atoms with van der Waals surface area (Å²) in [5, 5.41) is 3.29. The molecular weight excluding hydrogens is 286 g/mol. The van der Waals surface area contributed by atoms with Gasteiger partial charge in [-0.1, -0.05) is 13.3 Å². The largest absolute Gasteiger partial charge is 0.307 e. The van der Waals surface area contributed by atoms with E-state index in [0.717, 1.165) is 38.1 Å². The molecular formula is C15H25N3O2S. The molecule has 3 unspecified atom stereocenters. The fourth-order valence-electron chi connectivity index (χ4n) is 3.11. The fraction of sp³-hybridized carbons (Fsp3) is 0.733. The molecule has 0 aromatic carbocycles. The molecule has 0 aliphatic heterocycles. The van der Waals surface area contributed by atoms with Gasteiger partial charge in [0.25, 0.3) is 0 Å². The van der Waals surface area contributed by atoms with Crippen LogP contribution in [0.2, 0.25) is 0 Å². The van der Waals surface area contributed by atoms with Gasteiger partial charge in [-0.3, -0.25) is 0 Å². The van der Waals surface area contributed by atoms with Crippen molar-refractivity contribution in [3.8, 4) is 0 Å². The Morgan fingerprint density at radius 3 is 2.67 bits per heavy atom. The highest BCUT2D eigenvalue weighted by molar-refractivity contribution is 7.91. The van der Waals surface area contributed by atoms with Gasteiger partial charge in [0, 0.05) is 18.6 Å². The second-order valence-electron chi connectivity index (χ2n) is 5.92. The van der Waals surface area contributed by atoms with Crippen LogP contribution in [-0.2, 0) is 9.84 Å². The standard InChI is InChI=1S/C15H25N3O2S/c1-3-8-16-14(15-17-9-5-10-18-15)12-6-4-7-13(11-12)21(2,19)20/h5,9-10,12-14,16H,3-4,6-8,11H2,1-2H3. The molecule has 1 aliphatic carbocycles. The van der Waals surface area contributed by atoms with Crippen molar-refractivity contribution in [1.82, 2.24) is 15.3 Å². The van der Waals surface area contributed by atoms with E-state index in [1.807, 2.05) is 0 Å². The van der Waals surface area contributed by atoms with Crippen LogP contribution in [0, 0.1) is 5.92 Å². The summed E-state index contributed by atoms with van der Waals surface area (Å²) in [6.45, 7) is 3.01. The molecule has 3 atom stereocenters. The molecule has 0 saturated heterocycles. The Morgan fingerprint density at radius 1 is 1.33 bits per heavy atom. The van der Waals surface area contributed by atoms with Gasteiger partial charge >= 0.3 is 0 Å². The van der Waals surface area contributed by atoms with Crippen LogP contribution in [0.15, 0.2) is 18.5 Å². The smallest absolute Gasteiger partial charge is 0.150 e. The van der Waals surface area contributed by atoms with Crippen LogP contribution in [0.1, 0.15) is 50.9 Å². The molecule has 1 N–H and O–H groups in total. The van der Waals surface area contributed by atoms with Crippen LogP contribution in [0.25, 0.3) is 0 Å². The van der Waals surface area contributed by atoms with E-state index in [1.54, 1.807) is 18.5 Å². The minimum absolute atomic E-state index is 0.0516. The summed E-state index contributed by atoms with van der Waals surface area (Å²) in [5.74, 6) is 1.07. The number of sulfone groups is 1. The first-order valence-corrected chi connectivity index (χ1v) is 9.67. The van der Waals surface area contributed by atoms with Crippen LogP contribution in [0.4, 0.5) is 0 Å². The van der Waals surface area contributed by atoms with Crippen molar-refractivity contribution in [2.24, 2.45) is 5.92 Å². The highest BCUT2D eigenvalue weighted by Gasteiger charge is 2.34. The van der Waals surface area contributed by atoms with Crippen molar-refractivity contribution in [2.45, 2.75) is 50.3 Å². The van der Waals surface area contributed by atoms with E-state index in [4.69, 9.17) is 0 Å². The molecule has 6 heteroatoms. The zero-order valence-electron chi connectivity index (χ0n) is 12.8. The Hall–Kier alpha value is -1.01. The first-order valence-electron chi connectivity index (χ1n) is 7.71. The maximum atomic E-state index is 11.9. The van der Waals surface area contributed by atoms with Gasteiger partial charge in [-0.05, 0) is 44.2 Å². The second kappa shape index (κ2) is 7.31. The van der Waals surface area contributed by atoms with Crippen molar-refractivity contribution in [3.05, 3.63) is 24.3 Å². The quantitative estimate of drug-likeness (QED) is 0.871. The summed E-state index contributed by atoms with van der Waals surface area (Å²) in [6.07, 6.45) is 9.37. The average molecular weight is 311 g/mol. The highest BCUT2D eigenvalue weighted by atomic mass is 32.2. The second-order valence-corrected chi connectivity index (χ2v) is 8.24. The van der Waals surface area contributed by atoms with Crippen molar-refractivity contribution in [1.29, 1.82) is 0 Å². The molecule has 0 amide bonds. The molecule has 1 aromatic rings. The molecule has 1 saturated carbocycles. The molecule has 0 radical (unpaired) electrons. The Morgan fingerprint density at radius 2 is 2.05 bits per heavy atom. The van der Waals surface area contributed by atoms with Gasteiger partial charge in [0.2, 0.25) is 0 Å².